The number of aromatic nitrogens is 1. The lowest BCUT2D eigenvalue weighted by Gasteiger charge is -2.27. The summed E-state index contributed by atoms with van der Waals surface area (Å²) in [7, 11) is 0. The van der Waals surface area contributed by atoms with Crippen LogP contribution in [-0.4, -0.2) is 33.7 Å². The average molecular weight is 446 g/mol. The number of fused-ring (bicyclic) bond motifs is 2. The Kier molecular flexibility index (Phi) is 5.19. The first-order valence-corrected chi connectivity index (χ1v) is 11.4. The Bertz CT molecular complexity index is 1240. The van der Waals surface area contributed by atoms with Crippen molar-refractivity contribution in [2.45, 2.75) is 51.6 Å². The van der Waals surface area contributed by atoms with Crippen LogP contribution in [0.2, 0.25) is 0 Å². The monoisotopic (exact) mass is 445 g/mol. The summed E-state index contributed by atoms with van der Waals surface area (Å²) in [5.74, 6) is 0.203. The van der Waals surface area contributed by atoms with Gasteiger partial charge in [0.1, 0.15) is 11.3 Å². The number of imide groups is 1. The number of carbonyl (C=O) groups is 3. The van der Waals surface area contributed by atoms with Gasteiger partial charge in [0, 0.05) is 17.0 Å². The molecule has 7 heteroatoms. The summed E-state index contributed by atoms with van der Waals surface area (Å²) in [6.45, 7) is 4.04. The zero-order valence-electron chi connectivity index (χ0n) is 18.9. The first-order chi connectivity index (χ1) is 15.9. The van der Waals surface area contributed by atoms with Gasteiger partial charge in [0.05, 0.1) is 19.4 Å². The highest BCUT2D eigenvalue weighted by atomic mass is 16.3. The minimum absolute atomic E-state index is 0.253. The van der Waals surface area contributed by atoms with Crippen molar-refractivity contribution in [2.24, 2.45) is 0 Å². The van der Waals surface area contributed by atoms with Crippen molar-refractivity contribution >= 4 is 17.7 Å². The smallest absolute Gasteiger partial charge is 0.325 e. The molecule has 0 radical (unpaired) electrons. The van der Waals surface area contributed by atoms with Crippen LogP contribution in [0.25, 0.3) is 0 Å². The van der Waals surface area contributed by atoms with E-state index in [-0.39, 0.29) is 18.2 Å². The van der Waals surface area contributed by atoms with Gasteiger partial charge in [-0.15, -0.1) is 0 Å². The van der Waals surface area contributed by atoms with Gasteiger partial charge in [-0.1, -0.05) is 24.3 Å². The number of aryl methyl sites for hydroxylation is 2. The molecular weight excluding hydrogens is 418 g/mol. The molecular formula is C26H27N3O4. The first kappa shape index (κ1) is 21.2. The van der Waals surface area contributed by atoms with Gasteiger partial charge in [0.2, 0.25) is 0 Å². The normalized spacial score (nSPS) is 20.1. The van der Waals surface area contributed by atoms with Gasteiger partial charge in [0.25, 0.3) is 5.91 Å². The molecule has 7 nitrogen and oxygen atoms in total. The number of carbonyl (C=O) groups excluding carboxylic acids is 3. The summed E-state index contributed by atoms with van der Waals surface area (Å²) in [5.41, 5.74) is 3.07. The van der Waals surface area contributed by atoms with Gasteiger partial charge in [-0.25, -0.2) is 4.79 Å². The second-order valence-electron chi connectivity index (χ2n) is 8.96. The molecule has 1 N–H and O–H groups in total. The molecule has 1 atom stereocenters. The first-order valence-electron chi connectivity index (χ1n) is 11.4. The Morgan fingerprint density at radius 2 is 1.94 bits per heavy atom. The van der Waals surface area contributed by atoms with E-state index in [1.165, 1.54) is 0 Å². The number of hydrogen-bond acceptors (Lipinski definition) is 4. The Morgan fingerprint density at radius 1 is 1.12 bits per heavy atom. The number of hydrogen-bond donors (Lipinski definition) is 1. The summed E-state index contributed by atoms with van der Waals surface area (Å²) >= 11 is 0. The molecule has 1 fully saturated rings. The van der Waals surface area contributed by atoms with E-state index in [0.29, 0.717) is 18.5 Å². The summed E-state index contributed by atoms with van der Waals surface area (Å²) in [6, 6.07) is 12.8. The summed E-state index contributed by atoms with van der Waals surface area (Å²) in [6.07, 6.45) is 4.83. The van der Waals surface area contributed by atoms with Gasteiger partial charge in [-0.3, -0.25) is 14.5 Å². The van der Waals surface area contributed by atoms with Crippen molar-refractivity contribution in [3.63, 3.8) is 0 Å². The number of nitrogens with one attached hydrogen (secondary N) is 1. The molecule has 0 unspecified atom stereocenters. The van der Waals surface area contributed by atoms with Crippen LogP contribution < -0.4 is 5.32 Å². The third-order valence-corrected chi connectivity index (χ3v) is 6.97. The lowest BCUT2D eigenvalue weighted by Crippen LogP contribution is -2.44. The Hall–Kier alpha value is -3.61. The molecule has 3 heterocycles. The number of furan rings is 1. The Morgan fingerprint density at radius 3 is 2.73 bits per heavy atom. The van der Waals surface area contributed by atoms with E-state index in [9.17, 15) is 14.4 Å². The molecule has 5 rings (SSSR count). The molecule has 1 spiro atoms. The molecule has 1 saturated heterocycles. The lowest BCUT2D eigenvalue weighted by atomic mass is 9.84. The fourth-order valence-electron chi connectivity index (χ4n) is 5.23. The molecule has 1 aromatic carbocycles. The van der Waals surface area contributed by atoms with Crippen molar-refractivity contribution in [1.82, 2.24) is 14.8 Å². The molecule has 1 aliphatic heterocycles. The van der Waals surface area contributed by atoms with E-state index in [4.69, 9.17) is 4.42 Å². The highest BCUT2D eigenvalue weighted by Gasteiger charge is 2.53. The van der Waals surface area contributed by atoms with E-state index in [1.54, 1.807) is 6.26 Å². The maximum absolute atomic E-state index is 13.6. The molecule has 0 bridgehead atoms. The average Bonchev–Trinajstić information content (AvgIpc) is 3.44. The van der Waals surface area contributed by atoms with Crippen LogP contribution >= 0.6 is 0 Å². The van der Waals surface area contributed by atoms with E-state index >= 15 is 0 Å². The number of ketones is 1. The highest BCUT2D eigenvalue weighted by molar-refractivity contribution is 6.11. The highest BCUT2D eigenvalue weighted by Crippen LogP contribution is 2.39. The largest absolute Gasteiger partial charge is 0.467 e. The number of nitrogens with zero attached hydrogens (tertiary/aromatic N) is 2. The van der Waals surface area contributed by atoms with Crippen LogP contribution in [0.4, 0.5) is 4.79 Å². The molecule has 170 valence electrons. The van der Waals surface area contributed by atoms with Crippen molar-refractivity contribution in [3.8, 4) is 0 Å². The Balaban J connectivity index is 1.41. The van der Waals surface area contributed by atoms with Crippen molar-refractivity contribution in [2.75, 3.05) is 6.54 Å². The van der Waals surface area contributed by atoms with Crippen LogP contribution in [0, 0.1) is 13.8 Å². The predicted molar refractivity (Wildman–Crippen MR) is 122 cm³/mol. The van der Waals surface area contributed by atoms with Gasteiger partial charge in [-0.2, -0.15) is 0 Å². The van der Waals surface area contributed by atoms with Crippen molar-refractivity contribution in [1.29, 1.82) is 0 Å². The third kappa shape index (κ3) is 3.48. The molecule has 3 amide bonds. The number of Topliss-reactive ketones (excluding diaryl/α,β-unsaturated/α-hetero) is 1. The van der Waals surface area contributed by atoms with Crippen molar-refractivity contribution in [3.05, 3.63) is 82.6 Å². The van der Waals surface area contributed by atoms with Gasteiger partial charge in [0.15, 0.2) is 5.78 Å². The molecule has 1 aliphatic carbocycles. The number of rotatable bonds is 5. The predicted octanol–water partition coefficient (Wildman–Crippen LogP) is 4.10. The molecule has 3 aromatic rings. The molecule has 0 saturated carbocycles. The number of urea groups is 1. The fraction of sp³-hybridized carbons (Fsp3) is 0.346. The van der Waals surface area contributed by atoms with Crippen LogP contribution in [0.15, 0.2) is 53.1 Å². The van der Waals surface area contributed by atoms with Crippen molar-refractivity contribution < 1.29 is 18.8 Å². The van der Waals surface area contributed by atoms with E-state index in [0.717, 1.165) is 52.4 Å². The van der Waals surface area contributed by atoms with Gasteiger partial charge in [-0.05, 0) is 68.9 Å². The van der Waals surface area contributed by atoms with Crippen LogP contribution in [0.1, 0.15) is 57.9 Å². The second-order valence-corrected chi connectivity index (χ2v) is 8.96. The van der Waals surface area contributed by atoms with Crippen LogP contribution in [0.5, 0.6) is 0 Å². The molecule has 33 heavy (non-hydrogen) atoms. The van der Waals surface area contributed by atoms with Crippen LogP contribution in [-0.2, 0) is 23.3 Å². The van der Waals surface area contributed by atoms with E-state index < -0.39 is 11.6 Å². The molecule has 2 aromatic heterocycles. The minimum Gasteiger partial charge on any atom is -0.467 e. The zero-order chi connectivity index (χ0) is 23.2. The number of amides is 3. The van der Waals surface area contributed by atoms with Crippen LogP contribution in [0.3, 0.4) is 0 Å². The Labute approximate surface area is 192 Å². The summed E-state index contributed by atoms with van der Waals surface area (Å²) in [4.78, 5) is 40.9. The van der Waals surface area contributed by atoms with Gasteiger partial charge < -0.3 is 14.3 Å². The van der Waals surface area contributed by atoms with E-state index in [1.807, 2.05) is 60.9 Å². The quantitative estimate of drug-likeness (QED) is 0.473. The second kappa shape index (κ2) is 8.06. The lowest BCUT2D eigenvalue weighted by molar-refractivity contribution is -0.131. The SMILES string of the molecule is Cc1cc(C(=O)CN2C(=O)N[C@@]3(CCCCc4ccccc43)C2=O)c(C)n1Cc1ccco1. The molecule has 2 aliphatic rings. The zero-order valence-corrected chi connectivity index (χ0v) is 18.9. The third-order valence-electron chi connectivity index (χ3n) is 6.97. The topological polar surface area (TPSA) is 84.5 Å². The summed E-state index contributed by atoms with van der Waals surface area (Å²) in [5, 5.41) is 2.95. The fourth-order valence-corrected chi connectivity index (χ4v) is 5.23. The van der Waals surface area contributed by atoms with Gasteiger partial charge >= 0.3 is 6.03 Å². The maximum Gasteiger partial charge on any atom is 0.325 e. The van der Waals surface area contributed by atoms with E-state index in [2.05, 4.69) is 5.32 Å². The summed E-state index contributed by atoms with van der Waals surface area (Å²) < 4.78 is 7.44. The maximum atomic E-state index is 13.6. The minimum atomic E-state index is -1.08. The standard InChI is InChI=1S/C26H27N3O4/c1-17-14-21(18(2)28(17)15-20-10-7-13-33-20)23(30)16-29-24(31)26(27-25(29)32)12-6-5-9-19-8-3-4-11-22(19)26/h3-4,7-8,10-11,13-14H,5-6,9,12,15-16H2,1-2H3,(H,27,32)/t26-/m1/s1. The number of benzene rings is 1.